The highest BCUT2D eigenvalue weighted by molar-refractivity contribution is 6.02. The van der Waals surface area contributed by atoms with Gasteiger partial charge >= 0.3 is 0 Å². The average molecular weight is 319 g/mol. The number of methoxy groups -OCH3 is 3. The van der Waals surface area contributed by atoms with Crippen LogP contribution >= 0.6 is 0 Å². The van der Waals surface area contributed by atoms with Gasteiger partial charge in [-0.05, 0) is 18.2 Å². The van der Waals surface area contributed by atoms with Crippen LogP contribution in [0.2, 0.25) is 0 Å². The maximum Gasteiger partial charge on any atom is 0.230 e. The molecule has 7 heteroatoms. The van der Waals surface area contributed by atoms with Gasteiger partial charge in [0.15, 0.2) is 17.8 Å². The summed E-state index contributed by atoms with van der Waals surface area (Å²) in [6.45, 7) is -0.0293. The van der Waals surface area contributed by atoms with E-state index < -0.39 is 6.29 Å². The molecule has 3 aromatic rings. The Bertz CT molecular complexity index is 828. The maximum absolute atomic E-state index is 9.45. The van der Waals surface area contributed by atoms with Crippen molar-refractivity contribution in [2.24, 2.45) is 0 Å². The van der Waals surface area contributed by atoms with Gasteiger partial charge in [-0.3, -0.25) is 0 Å². The van der Waals surface area contributed by atoms with Crippen LogP contribution in [0.15, 0.2) is 28.9 Å². The van der Waals surface area contributed by atoms with Crippen molar-refractivity contribution < 1.29 is 28.5 Å². The van der Waals surface area contributed by atoms with E-state index in [1.54, 1.807) is 25.5 Å². The summed E-state index contributed by atoms with van der Waals surface area (Å²) in [4.78, 5) is 4.48. The first-order valence-corrected chi connectivity index (χ1v) is 6.95. The molecule has 0 saturated carbocycles. The molecule has 2 heterocycles. The largest absolute Gasteiger partial charge is 0.495 e. The molecule has 0 aliphatic rings. The van der Waals surface area contributed by atoms with Crippen LogP contribution in [0, 0.1) is 0 Å². The number of fused-ring (bicyclic) bond motifs is 2. The normalized spacial score (nSPS) is 12.5. The number of hydrogen-bond acceptors (Lipinski definition) is 7. The monoisotopic (exact) mass is 319 g/mol. The van der Waals surface area contributed by atoms with E-state index in [-0.39, 0.29) is 6.61 Å². The summed E-state index contributed by atoms with van der Waals surface area (Å²) < 4.78 is 26.6. The number of aromatic nitrogens is 1. The first-order valence-electron chi connectivity index (χ1n) is 6.95. The standard InChI is InChI=1S/C16H17NO6/c1-19-12(18)8-23-11-5-4-9-13(15(11)21-3)17-16-10(6-7-22-16)14(9)20-2/h4-7,12,18H,8H2,1-3H3. The van der Waals surface area contributed by atoms with Gasteiger partial charge in [-0.1, -0.05) is 0 Å². The zero-order chi connectivity index (χ0) is 16.4. The molecule has 0 aliphatic heterocycles. The molecule has 0 radical (unpaired) electrons. The van der Waals surface area contributed by atoms with Crippen molar-refractivity contribution in [2.45, 2.75) is 6.29 Å². The number of hydrogen-bond donors (Lipinski definition) is 1. The van der Waals surface area contributed by atoms with Crippen LogP contribution in [0.25, 0.3) is 22.0 Å². The predicted octanol–water partition coefficient (Wildman–Crippen LogP) is 2.34. The predicted molar refractivity (Wildman–Crippen MR) is 83.1 cm³/mol. The summed E-state index contributed by atoms with van der Waals surface area (Å²) in [7, 11) is 4.51. The Balaban J connectivity index is 2.16. The maximum atomic E-state index is 9.45. The molecule has 122 valence electrons. The van der Waals surface area contributed by atoms with E-state index in [0.29, 0.717) is 28.5 Å². The van der Waals surface area contributed by atoms with Crippen molar-refractivity contribution in [3.05, 3.63) is 24.5 Å². The number of aliphatic hydroxyl groups excluding tert-OH is 1. The number of pyridine rings is 1. The van der Waals surface area contributed by atoms with E-state index in [1.807, 2.05) is 6.07 Å². The van der Waals surface area contributed by atoms with Crippen molar-refractivity contribution in [2.75, 3.05) is 27.9 Å². The van der Waals surface area contributed by atoms with Crippen molar-refractivity contribution >= 4 is 22.0 Å². The molecule has 0 aliphatic carbocycles. The second kappa shape index (κ2) is 6.31. The highest BCUT2D eigenvalue weighted by Gasteiger charge is 2.18. The van der Waals surface area contributed by atoms with Gasteiger partial charge in [0.25, 0.3) is 0 Å². The van der Waals surface area contributed by atoms with Gasteiger partial charge in [0.1, 0.15) is 17.9 Å². The van der Waals surface area contributed by atoms with E-state index in [9.17, 15) is 5.11 Å². The summed E-state index contributed by atoms with van der Waals surface area (Å²) in [5.74, 6) is 1.53. The molecular weight excluding hydrogens is 302 g/mol. The zero-order valence-corrected chi connectivity index (χ0v) is 13.0. The molecule has 3 rings (SSSR count). The van der Waals surface area contributed by atoms with Crippen LogP contribution in [0.3, 0.4) is 0 Å². The molecule has 0 bridgehead atoms. The minimum atomic E-state index is -1.02. The lowest BCUT2D eigenvalue weighted by Gasteiger charge is -2.15. The van der Waals surface area contributed by atoms with E-state index in [2.05, 4.69) is 4.98 Å². The fraction of sp³-hybridized carbons (Fsp3) is 0.312. The van der Waals surface area contributed by atoms with Crippen molar-refractivity contribution in [1.82, 2.24) is 4.98 Å². The molecule has 7 nitrogen and oxygen atoms in total. The van der Waals surface area contributed by atoms with Crippen LogP contribution in [0.4, 0.5) is 0 Å². The van der Waals surface area contributed by atoms with Gasteiger partial charge < -0.3 is 28.5 Å². The summed E-state index contributed by atoms with van der Waals surface area (Å²) in [6.07, 6.45) is 0.531. The SMILES string of the molecule is COc1c2ccoc2nc2c(OC)c(OCC(O)OC)ccc12. The Hall–Kier alpha value is -2.51. The number of furan rings is 1. The molecule has 23 heavy (non-hydrogen) atoms. The molecule has 1 N–H and O–H groups in total. The molecular formula is C16H17NO6. The second-order valence-electron chi connectivity index (χ2n) is 4.78. The molecule has 0 spiro atoms. The van der Waals surface area contributed by atoms with E-state index in [0.717, 1.165) is 10.8 Å². The zero-order valence-electron chi connectivity index (χ0n) is 13.0. The fourth-order valence-electron chi connectivity index (χ4n) is 2.41. The second-order valence-corrected chi connectivity index (χ2v) is 4.78. The highest BCUT2D eigenvalue weighted by Crippen LogP contribution is 2.41. The van der Waals surface area contributed by atoms with Crippen LogP contribution in [0.1, 0.15) is 0 Å². The molecule has 2 aromatic heterocycles. The number of aliphatic hydroxyl groups is 1. The summed E-state index contributed by atoms with van der Waals surface area (Å²) >= 11 is 0. The Morgan fingerprint density at radius 1 is 1.09 bits per heavy atom. The third-order valence-electron chi connectivity index (χ3n) is 3.50. The van der Waals surface area contributed by atoms with Crippen molar-refractivity contribution in [3.8, 4) is 17.2 Å². The fourth-order valence-corrected chi connectivity index (χ4v) is 2.41. The minimum Gasteiger partial charge on any atom is -0.495 e. The molecule has 0 fully saturated rings. The Morgan fingerprint density at radius 3 is 2.57 bits per heavy atom. The van der Waals surface area contributed by atoms with E-state index >= 15 is 0 Å². The summed E-state index contributed by atoms with van der Waals surface area (Å²) in [5.41, 5.74) is 0.998. The van der Waals surface area contributed by atoms with Gasteiger partial charge in [0.2, 0.25) is 5.71 Å². The number of nitrogens with zero attached hydrogens (tertiary/aromatic N) is 1. The van der Waals surface area contributed by atoms with Crippen LogP contribution in [-0.2, 0) is 4.74 Å². The quantitative estimate of drug-likeness (QED) is 0.698. The summed E-state index contributed by atoms with van der Waals surface area (Å²) in [6, 6.07) is 5.36. The van der Waals surface area contributed by atoms with Crippen LogP contribution < -0.4 is 14.2 Å². The van der Waals surface area contributed by atoms with E-state index in [4.69, 9.17) is 23.4 Å². The number of ether oxygens (including phenoxy) is 4. The third-order valence-corrected chi connectivity index (χ3v) is 3.50. The van der Waals surface area contributed by atoms with Crippen LogP contribution in [-0.4, -0.2) is 44.3 Å². The average Bonchev–Trinajstić information content (AvgIpc) is 3.04. The molecule has 1 aromatic carbocycles. The van der Waals surface area contributed by atoms with Crippen molar-refractivity contribution in [3.63, 3.8) is 0 Å². The lowest BCUT2D eigenvalue weighted by molar-refractivity contribution is -0.0970. The Morgan fingerprint density at radius 2 is 1.87 bits per heavy atom. The Kier molecular flexibility index (Phi) is 4.22. The molecule has 0 saturated heterocycles. The number of benzene rings is 1. The Labute approximate surface area is 132 Å². The van der Waals surface area contributed by atoms with Gasteiger partial charge in [-0.15, -0.1) is 0 Å². The molecule has 1 unspecified atom stereocenters. The van der Waals surface area contributed by atoms with Crippen molar-refractivity contribution in [1.29, 1.82) is 0 Å². The topological polar surface area (TPSA) is 83.2 Å². The molecule has 0 amide bonds. The van der Waals surface area contributed by atoms with Gasteiger partial charge in [0.05, 0.1) is 25.9 Å². The third kappa shape index (κ3) is 2.64. The summed E-state index contributed by atoms with van der Waals surface area (Å²) in [5, 5.41) is 11.0. The lowest BCUT2D eigenvalue weighted by Crippen LogP contribution is -2.19. The first-order chi connectivity index (χ1) is 11.2. The smallest absolute Gasteiger partial charge is 0.230 e. The first kappa shape index (κ1) is 15.4. The number of rotatable bonds is 6. The van der Waals surface area contributed by atoms with E-state index in [1.165, 1.54) is 14.2 Å². The molecule has 1 atom stereocenters. The van der Waals surface area contributed by atoms with Crippen LogP contribution in [0.5, 0.6) is 17.2 Å². The van der Waals surface area contributed by atoms with Gasteiger partial charge in [-0.2, -0.15) is 0 Å². The highest BCUT2D eigenvalue weighted by atomic mass is 16.6. The van der Waals surface area contributed by atoms with Gasteiger partial charge in [-0.25, -0.2) is 4.98 Å². The minimum absolute atomic E-state index is 0.0293. The lowest BCUT2D eigenvalue weighted by atomic mass is 10.1. The van der Waals surface area contributed by atoms with Gasteiger partial charge in [0, 0.05) is 12.5 Å².